The van der Waals surface area contributed by atoms with Gasteiger partial charge in [-0.15, -0.1) is 0 Å². The van der Waals surface area contributed by atoms with Gasteiger partial charge >= 0.3 is 5.97 Å². The van der Waals surface area contributed by atoms with E-state index in [1.165, 1.54) is 19.1 Å². The predicted molar refractivity (Wildman–Crippen MR) is 134 cm³/mol. The highest BCUT2D eigenvalue weighted by Crippen LogP contribution is 2.23. The third-order valence-corrected chi connectivity index (χ3v) is 4.76. The number of azo groups is 1. The Morgan fingerprint density at radius 3 is 1.97 bits per heavy atom. The van der Waals surface area contributed by atoms with E-state index in [1.54, 1.807) is 36.4 Å². The molecule has 0 heterocycles. The van der Waals surface area contributed by atoms with Gasteiger partial charge in [-0.3, -0.25) is 10.1 Å². The number of allylic oxidation sites excluding steroid dienone is 1. The first-order valence-corrected chi connectivity index (χ1v) is 11.0. The molecule has 0 atom stereocenters. The molecular formula is C26H26F2N4O4. The van der Waals surface area contributed by atoms with Crippen LogP contribution in [0.1, 0.15) is 24.2 Å². The molecule has 0 radical (unpaired) electrons. The van der Waals surface area contributed by atoms with Crippen LogP contribution in [0, 0.1) is 10.1 Å². The van der Waals surface area contributed by atoms with E-state index in [1.807, 2.05) is 37.3 Å². The first kappa shape index (κ1) is 27.8. The van der Waals surface area contributed by atoms with Crippen molar-refractivity contribution < 1.29 is 23.2 Å². The molecule has 3 aromatic rings. The Kier molecular flexibility index (Phi) is 11.4. The lowest BCUT2D eigenvalue weighted by molar-refractivity contribution is -0.384. The maximum Gasteiger partial charge on any atom is 0.338 e. The second kappa shape index (κ2) is 14.7. The summed E-state index contributed by atoms with van der Waals surface area (Å²) in [7, 11) is 0. The Morgan fingerprint density at radius 1 is 0.972 bits per heavy atom. The van der Waals surface area contributed by atoms with Crippen LogP contribution in [0.2, 0.25) is 0 Å². The maximum absolute atomic E-state index is 12.0. The third kappa shape index (κ3) is 9.41. The fraction of sp³-hybridized carbons (Fsp3) is 0.192. The molecule has 0 amide bonds. The molecule has 8 nitrogen and oxygen atoms in total. The fourth-order valence-electron chi connectivity index (χ4n) is 2.86. The zero-order valence-electron chi connectivity index (χ0n) is 19.9. The van der Waals surface area contributed by atoms with Gasteiger partial charge in [0, 0.05) is 24.4 Å². The molecule has 10 heteroatoms. The minimum atomic E-state index is -1.62. The van der Waals surface area contributed by atoms with Crippen molar-refractivity contribution in [3.05, 3.63) is 107 Å². The topological polar surface area (TPSA) is 97.4 Å². The van der Waals surface area contributed by atoms with Gasteiger partial charge in [0.15, 0.2) is 0 Å². The predicted octanol–water partition coefficient (Wildman–Crippen LogP) is 7.48. The normalized spacial score (nSPS) is 10.2. The van der Waals surface area contributed by atoms with Gasteiger partial charge in [-0.1, -0.05) is 18.2 Å². The summed E-state index contributed by atoms with van der Waals surface area (Å²) < 4.78 is 26.6. The molecule has 0 spiro atoms. The Hall–Kier alpha value is -4.47. The van der Waals surface area contributed by atoms with E-state index >= 15 is 0 Å². The first-order valence-electron chi connectivity index (χ1n) is 11.0. The minimum absolute atomic E-state index is 0.0115. The number of non-ortho nitro benzene ring substituents is 1. The Balaban J connectivity index is 0.000000830. The highest BCUT2D eigenvalue weighted by molar-refractivity contribution is 5.89. The smallest absolute Gasteiger partial charge is 0.338 e. The van der Waals surface area contributed by atoms with Crippen LogP contribution in [0.5, 0.6) is 0 Å². The van der Waals surface area contributed by atoms with Gasteiger partial charge in [0.05, 0.1) is 28.4 Å². The largest absolute Gasteiger partial charge is 0.460 e. The van der Waals surface area contributed by atoms with Gasteiger partial charge in [-0.2, -0.15) is 19.0 Å². The van der Waals surface area contributed by atoms with Crippen LogP contribution in [0.15, 0.2) is 101 Å². The van der Waals surface area contributed by atoms with Gasteiger partial charge in [0.25, 0.3) is 11.8 Å². The van der Waals surface area contributed by atoms with Gasteiger partial charge in [-0.25, -0.2) is 4.79 Å². The highest BCUT2D eigenvalue weighted by Gasteiger charge is 2.09. The molecule has 0 aliphatic rings. The van der Waals surface area contributed by atoms with Crippen molar-refractivity contribution in [3.63, 3.8) is 0 Å². The van der Waals surface area contributed by atoms with Crippen LogP contribution in [-0.4, -0.2) is 30.6 Å². The number of carbonyl (C=O) groups is 1. The maximum atomic E-state index is 12.0. The summed E-state index contributed by atoms with van der Waals surface area (Å²) in [6.07, 6.45) is -0.870. The fourth-order valence-corrected chi connectivity index (χ4v) is 2.86. The van der Waals surface area contributed by atoms with Crippen molar-refractivity contribution in [1.29, 1.82) is 0 Å². The molecule has 0 N–H and O–H groups in total. The van der Waals surface area contributed by atoms with E-state index in [2.05, 4.69) is 15.1 Å². The molecule has 0 aromatic heterocycles. The number of likely N-dealkylation sites (N-methyl/N-ethyl adjacent to an activating group) is 1. The van der Waals surface area contributed by atoms with Gasteiger partial charge in [-0.05, 0) is 68.5 Å². The van der Waals surface area contributed by atoms with E-state index in [0.29, 0.717) is 23.5 Å². The Morgan fingerprint density at radius 2 is 1.50 bits per heavy atom. The molecule has 36 heavy (non-hydrogen) atoms. The number of nitro benzene ring substituents is 1. The minimum Gasteiger partial charge on any atom is -0.460 e. The van der Waals surface area contributed by atoms with Crippen molar-refractivity contribution in [3.8, 4) is 0 Å². The van der Waals surface area contributed by atoms with Crippen LogP contribution >= 0.6 is 0 Å². The molecule has 0 bridgehead atoms. The summed E-state index contributed by atoms with van der Waals surface area (Å²) in [4.78, 5) is 24.4. The number of halogens is 2. The van der Waals surface area contributed by atoms with Crippen LogP contribution in [0.4, 0.5) is 31.5 Å². The summed E-state index contributed by atoms with van der Waals surface area (Å²) >= 11 is 0. The molecule has 0 fully saturated rings. The summed E-state index contributed by atoms with van der Waals surface area (Å²) in [5.74, 6) is -0.335. The first-order chi connectivity index (χ1) is 17.3. The van der Waals surface area contributed by atoms with Crippen molar-refractivity contribution in [2.45, 2.75) is 13.8 Å². The van der Waals surface area contributed by atoms with Gasteiger partial charge < -0.3 is 9.64 Å². The van der Waals surface area contributed by atoms with E-state index < -0.39 is 11.0 Å². The van der Waals surface area contributed by atoms with Crippen LogP contribution in [0.25, 0.3) is 0 Å². The number of hydrogen-bond donors (Lipinski definition) is 0. The second-order valence-electron chi connectivity index (χ2n) is 7.15. The molecular weight excluding hydrogens is 470 g/mol. The van der Waals surface area contributed by atoms with Gasteiger partial charge in [0.1, 0.15) is 6.61 Å². The van der Waals surface area contributed by atoms with E-state index in [9.17, 15) is 23.7 Å². The molecule has 188 valence electrons. The lowest BCUT2D eigenvalue weighted by atomic mass is 10.2. The van der Waals surface area contributed by atoms with Crippen molar-refractivity contribution in [2.24, 2.45) is 10.2 Å². The molecule has 3 rings (SSSR count). The zero-order valence-corrected chi connectivity index (χ0v) is 19.9. The number of carbonyl (C=O) groups excluding carboxylic acids is 1. The SMILES string of the molecule is CC=C(F)F.CCN(CCOC(=O)c1ccccc1)c1ccc(N=Nc2ccc([N+](=O)[O-])cc2)cc1. The number of rotatable bonds is 9. The van der Waals surface area contributed by atoms with E-state index in [-0.39, 0.29) is 18.3 Å². The Labute approximate surface area is 207 Å². The highest BCUT2D eigenvalue weighted by atomic mass is 19.3. The summed E-state index contributed by atoms with van der Waals surface area (Å²) in [5, 5.41) is 19.0. The average Bonchev–Trinajstić information content (AvgIpc) is 2.91. The molecule has 0 saturated heterocycles. The lowest BCUT2D eigenvalue weighted by Crippen LogP contribution is -2.27. The number of esters is 1. The van der Waals surface area contributed by atoms with Crippen molar-refractivity contribution in [2.75, 3.05) is 24.6 Å². The molecule has 0 aliphatic heterocycles. The van der Waals surface area contributed by atoms with Gasteiger partial charge in [0.2, 0.25) is 0 Å². The molecule has 3 aromatic carbocycles. The number of nitro groups is 1. The average molecular weight is 497 g/mol. The van der Waals surface area contributed by atoms with Crippen molar-refractivity contribution >= 4 is 28.7 Å². The van der Waals surface area contributed by atoms with E-state index in [0.717, 1.165) is 18.3 Å². The van der Waals surface area contributed by atoms with E-state index in [4.69, 9.17) is 4.74 Å². The molecule has 0 saturated carbocycles. The van der Waals surface area contributed by atoms with Crippen LogP contribution in [0.3, 0.4) is 0 Å². The zero-order chi connectivity index (χ0) is 26.3. The Bertz CT molecular complexity index is 1160. The number of anilines is 1. The summed E-state index contributed by atoms with van der Waals surface area (Å²) in [6, 6.07) is 22.3. The number of ether oxygens (including phenoxy) is 1. The van der Waals surface area contributed by atoms with Crippen LogP contribution in [-0.2, 0) is 4.74 Å². The number of hydrogen-bond acceptors (Lipinski definition) is 7. The lowest BCUT2D eigenvalue weighted by Gasteiger charge is -2.23. The molecule has 0 unspecified atom stereocenters. The van der Waals surface area contributed by atoms with Crippen molar-refractivity contribution in [1.82, 2.24) is 0 Å². The molecule has 0 aliphatic carbocycles. The standard InChI is InChI=1S/C23H22N4O4.C3H4F2/c1-2-26(16-17-31-23(28)18-6-4-3-5-7-18)21-12-8-19(9-13-21)24-25-20-10-14-22(15-11-20)27(29)30;1-2-3(4)5/h3-15H,2,16-17H2,1H3;2H,1H3. The second-order valence-corrected chi connectivity index (χ2v) is 7.15. The number of benzene rings is 3. The third-order valence-electron chi connectivity index (χ3n) is 4.76. The summed E-state index contributed by atoms with van der Waals surface area (Å²) in [5.41, 5.74) is 2.72. The number of nitrogens with zero attached hydrogens (tertiary/aromatic N) is 4. The monoisotopic (exact) mass is 496 g/mol. The quantitative estimate of drug-likeness (QED) is 0.132. The summed E-state index contributed by atoms with van der Waals surface area (Å²) in [6.45, 7) is 4.92. The van der Waals surface area contributed by atoms with Crippen LogP contribution < -0.4 is 4.90 Å².